The molecule has 0 aliphatic rings. The van der Waals surface area contributed by atoms with Crippen molar-refractivity contribution in [3.8, 4) is 6.07 Å². The fourth-order valence-corrected chi connectivity index (χ4v) is 1.80. The molecule has 0 spiro atoms. The zero-order valence-corrected chi connectivity index (χ0v) is 12.8. The standard InChI is InChI=1S/C15H26N4/c1-14(2,3)18-11-13-17-8-10-19(13)9-6-7-15(4,5)12-16/h8,10,18H,6-7,9,11H2,1-5H3. The second kappa shape index (κ2) is 6.21. The quantitative estimate of drug-likeness (QED) is 0.857. The summed E-state index contributed by atoms with van der Waals surface area (Å²) in [5.74, 6) is 1.06. The van der Waals surface area contributed by atoms with Crippen molar-refractivity contribution in [2.75, 3.05) is 0 Å². The van der Waals surface area contributed by atoms with Crippen LogP contribution in [0.3, 0.4) is 0 Å². The van der Waals surface area contributed by atoms with Gasteiger partial charge in [-0.3, -0.25) is 0 Å². The van der Waals surface area contributed by atoms with Crippen LogP contribution in [0.25, 0.3) is 0 Å². The van der Waals surface area contributed by atoms with Gasteiger partial charge in [0.25, 0.3) is 0 Å². The van der Waals surface area contributed by atoms with Crippen LogP contribution < -0.4 is 5.32 Å². The molecule has 0 radical (unpaired) electrons. The molecule has 0 saturated heterocycles. The summed E-state index contributed by atoms with van der Waals surface area (Å²) in [4.78, 5) is 4.39. The minimum Gasteiger partial charge on any atom is -0.334 e. The van der Waals surface area contributed by atoms with Gasteiger partial charge in [-0.15, -0.1) is 0 Å². The van der Waals surface area contributed by atoms with E-state index in [1.54, 1.807) is 0 Å². The average Bonchev–Trinajstić information content (AvgIpc) is 2.73. The van der Waals surface area contributed by atoms with E-state index >= 15 is 0 Å². The zero-order valence-electron chi connectivity index (χ0n) is 12.8. The van der Waals surface area contributed by atoms with Gasteiger partial charge in [0.2, 0.25) is 0 Å². The van der Waals surface area contributed by atoms with Crippen LogP contribution in [0, 0.1) is 16.7 Å². The van der Waals surface area contributed by atoms with Crippen molar-refractivity contribution in [3.05, 3.63) is 18.2 Å². The van der Waals surface area contributed by atoms with Crippen LogP contribution >= 0.6 is 0 Å². The monoisotopic (exact) mass is 262 g/mol. The molecule has 106 valence electrons. The van der Waals surface area contributed by atoms with E-state index in [0.717, 1.165) is 31.8 Å². The molecule has 19 heavy (non-hydrogen) atoms. The Balaban J connectivity index is 2.48. The molecule has 1 heterocycles. The maximum Gasteiger partial charge on any atom is 0.122 e. The highest BCUT2D eigenvalue weighted by molar-refractivity contribution is 4.94. The molecule has 0 aliphatic heterocycles. The second-order valence-electron chi connectivity index (χ2n) is 6.74. The Labute approximate surface area is 116 Å². The summed E-state index contributed by atoms with van der Waals surface area (Å²) < 4.78 is 2.17. The van der Waals surface area contributed by atoms with Crippen molar-refractivity contribution >= 4 is 0 Å². The Morgan fingerprint density at radius 2 is 2.00 bits per heavy atom. The van der Waals surface area contributed by atoms with Gasteiger partial charge in [0.05, 0.1) is 18.0 Å². The highest BCUT2D eigenvalue weighted by Crippen LogP contribution is 2.21. The summed E-state index contributed by atoms with van der Waals surface area (Å²) in [5, 5.41) is 12.4. The van der Waals surface area contributed by atoms with Gasteiger partial charge in [0.1, 0.15) is 5.82 Å². The topological polar surface area (TPSA) is 53.6 Å². The Kier molecular flexibility index (Phi) is 5.13. The van der Waals surface area contributed by atoms with Gasteiger partial charge in [-0.25, -0.2) is 4.98 Å². The van der Waals surface area contributed by atoms with Crippen molar-refractivity contribution in [1.29, 1.82) is 5.26 Å². The molecule has 4 heteroatoms. The van der Waals surface area contributed by atoms with Gasteiger partial charge in [0, 0.05) is 24.5 Å². The first-order valence-corrected chi connectivity index (χ1v) is 6.90. The average molecular weight is 262 g/mol. The van der Waals surface area contributed by atoms with E-state index in [0.29, 0.717) is 0 Å². The third-order valence-corrected chi connectivity index (χ3v) is 3.08. The Morgan fingerprint density at radius 3 is 2.58 bits per heavy atom. The lowest BCUT2D eigenvalue weighted by Crippen LogP contribution is -2.35. The van der Waals surface area contributed by atoms with E-state index in [2.05, 4.69) is 41.7 Å². The number of nitrogens with one attached hydrogen (secondary N) is 1. The molecule has 0 unspecified atom stereocenters. The minimum atomic E-state index is -0.232. The van der Waals surface area contributed by atoms with Crippen molar-refractivity contribution in [2.24, 2.45) is 5.41 Å². The van der Waals surface area contributed by atoms with Crippen LogP contribution in [0.1, 0.15) is 53.3 Å². The highest BCUT2D eigenvalue weighted by atomic mass is 15.1. The van der Waals surface area contributed by atoms with Crippen LogP contribution in [-0.2, 0) is 13.1 Å². The van der Waals surface area contributed by atoms with E-state index in [1.165, 1.54) is 0 Å². The first-order valence-electron chi connectivity index (χ1n) is 6.90. The van der Waals surface area contributed by atoms with Gasteiger partial charge in [-0.2, -0.15) is 5.26 Å². The van der Waals surface area contributed by atoms with Crippen LogP contribution in [0.15, 0.2) is 12.4 Å². The van der Waals surface area contributed by atoms with E-state index in [9.17, 15) is 0 Å². The van der Waals surface area contributed by atoms with E-state index in [1.807, 2.05) is 26.2 Å². The lowest BCUT2D eigenvalue weighted by Gasteiger charge is -2.21. The zero-order chi connectivity index (χ0) is 14.5. The largest absolute Gasteiger partial charge is 0.334 e. The fourth-order valence-electron chi connectivity index (χ4n) is 1.80. The van der Waals surface area contributed by atoms with Crippen LogP contribution in [-0.4, -0.2) is 15.1 Å². The highest BCUT2D eigenvalue weighted by Gasteiger charge is 2.16. The molecule has 0 saturated carbocycles. The molecule has 4 nitrogen and oxygen atoms in total. The first-order chi connectivity index (χ1) is 8.73. The molecule has 1 rings (SSSR count). The van der Waals surface area contributed by atoms with Crippen LogP contribution in [0.2, 0.25) is 0 Å². The molecular weight excluding hydrogens is 236 g/mol. The van der Waals surface area contributed by atoms with Crippen molar-refractivity contribution in [2.45, 2.75) is 66.1 Å². The maximum absolute atomic E-state index is 9.00. The summed E-state index contributed by atoms with van der Waals surface area (Å²) >= 11 is 0. The Hall–Kier alpha value is -1.34. The van der Waals surface area contributed by atoms with Crippen molar-refractivity contribution < 1.29 is 0 Å². The summed E-state index contributed by atoms with van der Waals surface area (Å²) in [6, 6.07) is 2.34. The molecule has 0 fully saturated rings. The van der Waals surface area contributed by atoms with E-state index in [4.69, 9.17) is 5.26 Å². The predicted octanol–water partition coefficient (Wildman–Crippen LogP) is 3.10. The van der Waals surface area contributed by atoms with Gasteiger partial charge in [-0.1, -0.05) is 0 Å². The normalized spacial score (nSPS) is 12.4. The lowest BCUT2D eigenvalue weighted by molar-refractivity contribution is 0.396. The van der Waals surface area contributed by atoms with Gasteiger partial charge in [-0.05, 0) is 47.5 Å². The molecule has 0 aromatic carbocycles. The molecule has 1 aromatic rings. The summed E-state index contributed by atoms with van der Waals surface area (Å²) in [7, 11) is 0. The minimum absolute atomic E-state index is 0.0968. The van der Waals surface area contributed by atoms with Gasteiger partial charge in [0.15, 0.2) is 0 Å². The van der Waals surface area contributed by atoms with Gasteiger partial charge >= 0.3 is 0 Å². The smallest absolute Gasteiger partial charge is 0.122 e. The number of aryl methyl sites for hydroxylation is 1. The number of rotatable bonds is 6. The number of hydrogen-bond acceptors (Lipinski definition) is 3. The number of imidazole rings is 1. The Bertz CT molecular complexity index is 432. The van der Waals surface area contributed by atoms with Gasteiger partial charge < -0.3 is 9.88 Å². The van der Waals surface area contributed by atoms with E-state index < -0.39 is 0 Å². The third-order valence-electron chi connectivity index (χ3n) is 3.08. The first kappa shape index (κ1) is 15.7. The molecule has 0 atom stereocenters. The van der Waals surface area contributed by atoms with Crippen molar-refractivity contribution in [1.82, 2.24) is 14.9 Å². The molecule has 0 bridgehead atoms. The van der Waals surface area contributed by atoms with Crippen molar-refractivity contribution in [3.63, 3.8) is 0 Å². The van der Waals surface area contributed by atoms with E-state index in [-0.39, 0.29) is 11.0 Å². The predicted molar refractivity (Wildman–Crippen MR) is 77.4 cm³/mol. The van der Waals surface area contributed by atoms with Crippen LogP contribution in [0.4, 0.5) is 0 Å². The number of nitrogens with zero attached hydrogens (tertiary/aromatic N) is 3. The van der Waals surface area contributed by atoms with Crippen LogP contribution in [0.5, 0.6) is 0 Å². The molecule has 1 aromatic heterocycles. The fraction of sp³-hybridized carbons (Fsp3) is 0.733. The number of hydrogen-bond donors (Lipinski definition) is 1. The number of aromatic nitrogens is 2. The maximum atomic E-state index is 9.00. The molecular formula is C15H26N4. The summed E-state index contributed by atoms with van der Waals surface area (Å²) in [6.07, 6.45) is 5.77. The summed E-state index contributed by atoms with van der Waals surface area (Å²) in [6.45, 7) is 12.1. The molecule has 0 amide bonds. The summed E-state index contributed by atoms with van der Waals surface area (Å²) in [5.41, 5.74) is -0.135. The third kappa shape index (κ3) is 5.89. The second-order valence-corrected chi connectivity index (χ2v) is 6.74. The number of nitriles is 1. The molecule has 1 N–H and O–H groups in total. The Morgan fingerprint density at radius 1 is 1.32 bits per heavy atom. The SMILES string of the molecule is CC(C)(C#N)CCCn1ccnc1CNC(C)(C)C. The molecule has 0 aliphatic carbocycles. The lowest BCUT2D eigenvalue weighted by atomic mass is 9.90.